The summed E-state index contributed by atoms with van der Waals surface area (Å²) in [4.78, 5) is 9.01. The lowest BCUT2D eigenvalue weighted by Crippen LogP contribution is -2.25. The van der Waals surface area contributed by atoms with Crippen molar-refractivity contribution in [1.82, 2.24) is 19.3 Å². The van der Waals surface area contributed by atoms with E-state index in [2.05, 4.69) is 21.6 Å². The van der Waals surface area contributed by atoms with Crippen LogP contribution in [0.5, 0.6) is 0 Å². The molecule has 3 aromatic rings. The lowest BCUT2D eigenvalue weighted by Gasteiger charge is -2.09. The van der Waals surface area contributed by atoms with Gasteiger partial charge in [0, 0.05) is 17.8 Å². The molecule has 24 heavy (non-hydrogen) atoms. The van der Waals surface area contributed by atoms with Gasteiger partial charge in [-0.3, -0.25) is 0 Å². The first-order valence-electron chi connectivity index (χ1n) is 7.56. The molecule has 3 rings (SSSR count). The zero-order valence-corrected chi connectivity index (χ0v) is 14.7. The van der Waals surface area contributed by atoms with Crippen molar-refractivity contribution in [3.8, 4) is 0 Å². The molecule has 0 spiro atoms. The van der Waals surface area contributed by atoms with Gasteiger partial charge in [0.15, 0.2) is 5.65 Å². The van der Waals surface area contributed by atoms with Crippen LogP contribution in [0.25, 0.3) is 11.2 Å². The zero-order valence-electron chi connectivity index (χ0n) is 13.1. The maximum absolute atomic E-state index is 12.4. The number of pyridine rings is 1. The Morgan fingerprint density at radius 3 is 2.67 bits per heavy atom. The van der Waals surface area contributed by atoms with E-state index in [1.54, 1.807) is 18.3 Å². The number of fused-ring (bicyclic) bond motifs is 1. The number of aryl methyl sites for hydroxylation is 1. The highest BCUT2D eigenvalue weighted by Gasteiger charge is 2.17. The molecule has 0 fully saturated rings. The Kier molecular flexibility index (Phi) is 4.84. The number of nitrogens with one attached hydrogen (secondary N) is 1. The number of imidazole rings is 1. The van der Waals surface area contributed by atoms with E-state index < -0.39 is 10.0 Å². The van der Waals surface area contributed by atoms with E-state index in [1.165, 1.54) is 12.1 Å². The van der Waals surface area contributed by atoms with Crippen molar-refractivity contribution >= 4 is 32.8 Å². The van der Waals surface area contributed by atoms with Crippen molar-refractivity contribution in [2.75, 3.05) is 0 Å². The minimum absolute atomic E-state index is 0.0985. The van der Waals surface area contributed by atoms with Gasteiger partial charge in [-0.1, -0.05) is 18.5 Å². The molecule has 1 aromatic carbocycles. The molecule has 0 aliphatic rings. The van der Waals surface area contributed by atoms with Crippen LogP contribution in [0.3, 0.4) is 0 Å². The van der Waals surface area contributed by atoms with Crippen LogP contribution in [0.4, 0.5) is 0 Å². The molecule has 0 radical (unpaired) electrons. The van der Waals surface area contributed by atoms with Gasteiger partial charge in [-0.2, -0.15) is 0 Å². The Labute approximate surface area is 145 Å². The molecule has 0 saturated carbocycles. The second-order valence-electron chi connectivity index (χ2n) is 5.30. The summed E-state index contributed by atoms with van der Waals surface area (Å²) in [6.07, 6.45) is 2.61. The maximum Gasteiger partial charge on any atom is 0.240 e. The van der Waals surface area contributed by atoms with Gasteiger partial charge in [-0.05, 0) is 42.8 Å². The lowest BCUT2D eigenvalue weighted by atomic mass is 10.4. The molecule has 0 saturated heterocycles. The molecule has 0 bridgehead atoms. The number of halogens is 1. The van der Waals surface area contributed by atoms with E-state index in [1.807, 2.05) is 16.7 Å². The molecule has 2 aromatic heterocycles. The van der Waals surface area contributed by atoms with E-state index in [0.29, 0.717) is 10.8 Å². The van der Waals surface area contributed by atoms with Gasteiger partial charge in [-0.25, -0.2) is 23.1 Å². The summed E-state index contributed by atoms with van der Waals surface area (Å²) in [6, 6.07) is 9.72. The number of sulfonamides is 1. The van der Waals surface area contributed by atoms with Crippen LogP contribution >= 0.6 is 11.6 Å². The largest absolute Gasteiger partial charge is 0.312 e. The molecule has 2 heterocycles. The van der Waals surface area contributed by atoms with Gasteiger partial charge in [-0.15, -0.1) is 0 Å². The van der Waals surface area contributed by atoms with Gasteiger partial charge in [0.05, 0.1) is 11.4 Å². The highest BCUT2D eigenvalue weighted by atomic mass is 35.5. The number of nitrogens with zero attached hydrogens (tertiary/aromatic N) is 3. The van der Waals surface area contributed by atoms with Crippen LogP contribution in [-0.4, -0.2) is 23.0 Å². The zero-order chi connectivity index (χ0) is 17.2. The quantitative estimate of drug-likeness (QED) is 0.729. The van der Waals surface area contributed by atoms with E-state index in [4.69, 9.17) is 11.6 Å². The third-order valence-corrected chi connectivity index (χ3v) is 5.24. The number of hydrogen-bond acceptors (Lipinski definition) is 4. The predicted molar refractivity (Wildman–Crippen MR) is 93.3 cm³/mol. The van der Waals surface area contributed by atoms with E-state index in [-0.39, 0.29) is 11.4 Å². The van der Waals surface area contributed by atoms with Gasteiger partial charge in [0.25, 0.3) is 0 Å². The smallest absolute Gasteiger partial charge is 0.240 e. The van der Waals surface area contributed by atoms with Crippen LogP contribution in [0.2, 0.25) is 5.02 Å². The first-order valence-corrected chi connectivity index (χ1v) is 9.43. The van der Waals surface area contributed by atoms with Crippen molar-refractivity contribution in [3.63, 3.8) is 0 Å². The molecule has 0 aliphatic carbocycles. The van der Waals surface area contributed by atoms with Crippen LogP contribution in [-0.2, 0) is 23.1 Å². The molecule has 126 valence electrons. The van der Waals surface area contributed by atoms with E-state index in [0.717, 1.165) is 24.1 Å². The monoisotopic (exact) mass is 364 g/mol. The molecule has 0 atom stereocenters. The Bertz CT molecular complexity index is 952. The van der Waals surface area contributed by atoms with Crippen molar-refractivity contribution in [2.24, 2.45) is 0 Å². The third kappa shape index (κ3) is 3.43. The normalized spacial score (nSPS) is 11.9. The number of rotatable bonds is 6. The molecule has 0 unspecified atom stereocenters. The summed E-state index contributed by atoms with van der Waals surface area (Å²) in [5, 5.41) is 0.491. The van der Waals surface area contributed by atoms with Crippen LogP contribution in [0, 0.1) is 0 Å². The second kappa shape index (κ2) is 6.88. The Morgan fingerprint density at radius 1 is 1.21 bits per heavy atom. The first-order chi connectivity index (χ1) is 11.5. The summed E-state index contributed by atoms with van der Waals surface area (Å²) < 4.78 is 29.3. The fraction of sp³-hybridized carbons (Fsp3) is 0.250. The molecule has 0 amide bonds. The van der Waals surface area contributed by atoms with Crippen molar-refractivity contribution in [1.29, 1.82) is 0 Å². The first kappa shape index (κ1) is 16.9. The summed E-state index contributed by atoms with van der Waals surface area (Å²) in [6.45, 7) is 2.88. The predicted octanol–water partition coefficient (Wildman–Crippen LogP) is 2.97. The Morgan fingerprint density at radius 2 is 1.96 bits per heavy atom. The lowest BCUT2D eigenvalue weighted by molar-refractivity contribution is 0.573. The van der Waals surface area contributed by atoms with Gasteiger partial charge in [0.1, 0.15) is 11.3 Å². The van der Waals surface area contributed by atoms with Crippen LogP contribution in [0.1, 0.15) is 19.2 Å². The SMILES string of the molecule is CCCn1c(CNS(=O)(=O)c2ccc(Cl)cc2)nc2cccnc21. The standard InChI is InChI=1S/C16H17ClN4O2S/c1-2-10-21-15(20-14-4-3-9-18-16(14)21)11-19-24(22,23)13-7-5-12(17)6-8-13/h3-9,19H,2,10-11H2,1H3. The summed E-state index contributed by atoms with van der Waals surface area (Å²) in [5.41, 5.74) is 1.52. The van der Waals surface area contributed by atoms with Gasteiger partial charge >= 0.3 is 0 Å². The van der Waals surface area contributed by atoms with E-state index in [9.17, 15) is 8.42 Å². The minimum atomic E-state index is -3.63. The molecule has 8 heteroatoms. The van der Waals surface area contributed by atoms with Crippen LogP contribution in [0.15, 0.2) is 47.5 Å². The molecule has 1 N–H and O–H groups in total. The fourth-order valence-electron chi connectivity index (χ4n) is 2.46. The second-order valence-corrected chi connectivity index (χ2v) is 7.51. The summed E-state index contributed by atoms with van der Waals surface area (Å²) in [5.74, 6) is 0.642. The molecule has 6 nitrogen and oxygen atoms in total. The average molecular weight is 365 g/mol. The van der Waals surface area contributed by atoms with Crippen molar-refractivity contribution in [2.45, 2.75) is 31.3 Å². The maximum atomic E-state index is 12.4. The minimum Gasteiger partial charge on any atom is -0.312 e. The number of benzene rings is 1. The number of aromatic nitrogens is 3. The highest BCUT2D eigenvalue weighted by molar-refractivity contribution is 7.89. The topological polar surface area (TPSA) is 76.9 Å². The fourth-order valence-corrected chi connectivity index (χ4v) is 3.56. The van der Waals surface area contributed by atoms with Gasteiger partial charge in [0.2, 0.25) is 10.0 Å². The molecular weight excluding hydrogens is 348 g/mol. The number of hydrogen-bond donors (Lipinski definition) is 1. The summed E-state index contributed by atoms with van der Waals surface area (Å²) in [7, 11) is -3.63. The van der Waals surface area contributed by atoms with Crippen LogP contribution < -0.4 is 4.72 Å². The molecular formula is C16H17ClN4O2S. The Balaban J connectivity index is 1.87. The van der Waals surface area contributed by atoms with Crippen molar-refractivity contribution in [3.05, 3.63) is 53.4 Å². The Hall–Kier alpha value is -1.96. The van der Waals surface area contributed by atoms with Gasteiger partial charge < -0.3 is 4.57 Å². The highest BCUT2D eigenvalue weighted by Crippen LogP contribution is 2.16. The summed E-state index contributed by atoms with van der Waals surface area (Å²) >= 11 is 5.80. The third-order valence-electron chi connectivity index (χ3n) is 3.57. The average Bonchev–Trinajstić information content (AvgIpc) is 2.92. The van der Waals surface area contributed by atoms with Crippen molar-refractivity contribution < 1.29 is 8.42 Å². The van der Waals surface area contributed by atoms with E-state index >= 15 is 0 Å². The molecule has 0 aliphatic heterocycles.